The van der Waals surface area contributed by atoms with Crippen molar-refractivity contribution in [2.75, 3.05) is 19.0 Å². The Hall–Kier alpha value is -3.54. The minimum absolute atomic E-state index is 0.0808. The second-order valence-corrected chi connectivity index (χ2v) is 7.71. The van der Waals surface area contributed by atoms with Crippen molar-refractivity contribution in [3.63, 3.8) is 0 Å². The molecule has 0 fully saturated rings. The quantitative estimate of drug-likeness (QED) is 0.601. The zero-order valence-electron chi connectivity index (χ0n) is 17.6. The molecule has 1 heterocycles. The van der Waals surface area contributed by atoms with E-state index in [9.17, 15) is 9.59 Å². The van der Waals surface area contributed by atoms with Crippen LogP contribution >= 0.6 is 0 Å². The third-order valence-corrected chi connectivity index (χ3v) is 5.51. The largest absolute Gasteiger partial charge is 0.495 e. The number of hydrogen-bond acceptors (Lipinski definition) is 4. The number of aryl methyl sites for hydroxylation is 2. The SMILES string of the molecule is COc1ccccc1NC(=O)CN(Cc1ccco1)C(=O)Cc1ccc2c(c1)CCC2. The van der Waals surface area contributed by atoms with Gasteiger partial charge in [-0.3, -0.25) is 9.59 Å². The molecule has 0 saturated heterocycles. The molecule has 2 amide bonds. The first-order valence-corrected chi connectivity index (χ1v) is 10.5. The van der Waals surface area contributed by atoms with Crippen LogP contribution in [0.25, 0.3) is 0 Å². The maximum absolute atomic E-state index is 13.1. The molecule has 1 aliphatic carbocycles. The van der Waals surface area contributed by atoms with Crippen molar-refractivity contribution in [3.8, 4) is 5.75 Å². The highest BCUT2D eigenvalue weighted by molar-refractivity contribution is 5.95. The van der Waals surface area contributed by atoms with Crippen molar-refractivity contribution in [1.82, 2.24) is 4.90 Å². The first-order chi connectivity index (χ1) is 15.1. The molecule has 0 spiro atoms. The number of carbonyl (C=O) groups excluding carboxylic acids is 2. The lowest BCUT2D eigenvalue weighted by Crippen LogP contribution is -2.38. The van der Waals surface area contributed by atoms with E-state index < -0.39 is 0 Å². The molecule has 1 aliphatic rings. The minimum atomic E-state index is -0.293. The number of nitrogens with zero attached hydrogens (tertiary/aromatic N) is 1. The Bertz CT molecular complexity index is 1060. The average Bonchev–Trinajstić information content (AvgIpc) is 3.45. The zero-order valence-corrected chi connectivity index (χ0v) is 17.6. The van der Waals surface area contributed by atoms with Gasteiger partial charge in [-0.05, 0) is 60.2 Å². The molecule has 1 N–H and O–H groups in total. The number of hydrogen-bond donors (Lipinski definition) is 1. The van der Waals surface area contributed by atoms with Gasteiger partial charge in [0, 0.05) is 0 Å². The van der Waals surface area contributed by atoms with Gasteiger partial charge in [-0.25, -0.2) is 0 Å². The molecule has 0 unspecified atom stereocenters. The Morgan fingerprint density at radius 3 is 2.71 bits per heavy atom. The summed E-state index contributed by atoms with van der Waals surface area (Å²) in [5, 5.41) is 2.84. The normalized spacial score (nSPS) is 12.3. The smallest absolute Gasteiger partial charge is 0.244 e. The standard InChI is InChI=1S/C25H26N2O4/c1-30-23-10-3-2-9-22(23)26-24(28)17-27(16-21-8-5-13-31-21)25(29)15-18-11-12-19-6-4-7-20(19)14-18/h2-3,5,8-14H,4,6-7,15-17H2,1H3,(H,26,28). The van der Waals surface area contributed by atoms with Gasteiger partial charge in [-0.2, -0.15) is 0 Å². The van der Waals surface area contributed by atoms with Crippen LogP contribution in [-0.2, 0) is 35.4 Å². The second kappa shape index (κ2) is 9.51. The fourth-order valence-electron chi connectivity index (χ4n) is 3.96. The van der Waals surface area contributed by atoms with Crippen LogP contribution in [0.3, 0.4) is 0 Å². The maximum atomic E-state index is 13.1. The molecule has 6 nitrogen and oxygen atoms in total. The first-order valence-electron chi connectivity index (χ1n) is 10.5. The van der Waals surface area contributed by atoms with Crippen molar-refractivity contribution in [2.24, 2.45) is 0 Å². The molecule has 0 atom stereocenters. The van der Waals surface area contributed by atoms with Gasteiger partial charge in [0.05, 0.1) is 32.0 Å². The summed E-state index contributed by atoms with van der Waals surface area (Å²) < 4.78 is 10.7. The summed E-state index contributed by atoms with van der Waals surface area (Å²) in [7, 11) is 1.55. The number of anilines is 1. The van der Waals surface area contributed by atoms with Crippen molar-refractivity contribution in [2.45, 2.75) is 32.2 Å². The van der Waals surface area contributed by atoms with Crippen LogP contribution < -0.4 is 10.1 Å². The van der Waals surface area contributed by atoms with Gasteiger partial charge in [0.25, 0.3) is 0 Å². The van der Waals surface area contributed by atoms with E-state index in [1.165, 1.54) is 22.4 Å². The molecule has 3 aromatic rings. The molecule has 2 aromatic carbocycles. The summed E-state index contributed by atoms with van der Waals surface area (Å²) in [5.74, 6) is 0.785. The molecule has 1 aromatic heterocycles. The summed E-state index contributed by atoms with van der Waals surface area (Å²) in [5.41, 5.74) is 4.25. The van der Waals surface area contributed by atoms with Crippen molar-refractivity contribution in [1.29, 1.82) is 0 Å². The summed E-state index contributed by atoms with van der Waals surface area (Å²) in [6, 6.07) is 17.0. The van der Waals surface area contributed by atoms with E-state index in [-0.39, 0.29) is 31.3 Å². The third kappa shape index (κ3) is 5.15. The highest BCUT2D eigenvalue weighted by Crippen LogP contribution is 2.24. The topological polar surface area (TPSA) is 71.8 Å². The van der Waals surface area contributed by atoms with Crippen molar-refractivity contribution in [3.05, 3.63) is 83.3 Å². The Balaban J connectivity index is 1.47. The molecule has 0 radical (unpaired) electrons. The number of nitrogens with one attached hydrogen (secondary N) is 1. The van der Waals surface area contributed by atoms with E-state index >= 15 is 0 Å². The highest BCUT2D eigenvalue weighted by atomic mass is 16.5. The number of carbonyl (C=O) groups is 2. The number of ether oxygens (including phenoxy) is 1. The predicted octanol–water partition coefficient (Wildman–Crippen LogP) is 3.99. The number of rotatable bonds is 8. The predicted molar refractivity (Wildman–Crippen MR) is 118 cm³/mol. The minimum Gasteiger partial charge on any atom is -0.495 e. The van der Waals surface area contributed by atoms with Gasteiger partial charge >= 0.3 is 0 Å². The zero-order chi connectivity index (χ0) is 21.6. The summed E-state index contributed by atoms with van der Waals surface area (Å²) >= 11 is 0. The number of fused-ring (bicyclic) bond motifs is 1. The van der Waals surface area contributed by atoms with E-state index in [0.29, 0.717) is 17.2 Å². The summed E-state index contributed by atoms with van der Waals surface area (Å²) in [6.07, 6.45) is 5.15. The van der Waals surface area contributed by atoms with Gasteiger partial charge in [0.15, 0.2) is 0 Å². The van der Waals surface area contributed by atoms with E-state index in [0.717, 1.165) is 18.4 Å². The second-order valence-electron chi connectivity index (χ2n) is 7.71. The van der Waals surface area contributed by atoms with Gasteiger partial charge in [0.2, 0.25) is 11.8 Å². The number of para-hydroxylation sites is 2. The summed E-state index contributed by atoms with van der Waals surface area (Å²) in [6.45, 7) is 0.151. The van der Waals surface area contributed by atoms with E-state index in [1.807, 2.05) is 18.2 Å². The Morgan fingerprint density at radius 2 is 1.90 bits per heavy atom. The van der Waals surface area contributed by atoms with Crippen molar-refractivity contribution >= 4 is 17.5 Å². The first kappa shape index (κ1) is 20.7. The molecule has 4 rings (SSSR count). The van der Waals surface area contributed by atoms with Crippen molar-refractivity contribution < 1.29 is 18.7 Å². The molecule has 0 bridgehead atoms. The van der Waals surface area contributed by atoms with E-state index in [1.54, 1.807) is 37.6 Å². The molecule has 160 valence electrons. The molecule has 31 heavy (non-hydrogen) atoms. The number of benzene rings is 2. The van der Waals surface area contributed by atoms with Gasteiger partial charge < -0.3 is 19.4 Å². The Labute approximate surface area is 181 Å². The molecule has 0 saturated carbocycles. The molecule has 6 heteroatoms. The lowest BCUT2D eigenvalue weighted by atomic mass is 10.0. The third-order valence-electron chi connectivity index (χ3n) is 5.51. The highest BCUT2D eigenvalue weighted by Gasteiger charge is 2.21. The average molecular weight is 418 g/mol. The van der Waals surface area contributed by atoms with Gasteiger partial charge in [0.1, 0.15) is 18.1 Å². The number of amides is 2. The van der Waals surface area contributed by atoms with Crippen LogP contribution in [-0.4, -0.2) is 30.4 Å². The fraction of sp³-hybridized carbons (Fsp3) is 0.280. The van der Waals surface area contributed by atoms with Gasteiger partial charge in [-0.15, -0.1) is 0 Å². The molecule has 0 aliphatic heterocycles. The number of furan rings is 1. The summed E-state index contributed by atoms with van der Waals surface area (Å²) in [4.78, 5) is 27.4. The van der Waals surface area contributed by atoms with Crippen LogP contribution in [0.1, 0.15) is 28.9 Å². The van der Waals surface area contributed by atoms with Crippen LogP contribution in [0.4, 0.5) is 5.69 Å². The Morgan fingerprint density at radius 1 is 1.06 bits per heavy atom. The fourth-order valence-corrected chi connectivity index (χ4v) is 3.96. The molecular formula is C25H26N2O4. The monoisotopic (exact) mass is 418 g/mol. The van der Waals surface area contributed by atoms with Crippen LogP contribution in [0.15, 0.2) is 65.3 Å². The van der Waals surface area contributed by atoms with E-state index in [2.05, 4.69) is 17.4 Å². The van der Waals surface area contributed by atoms with Crippen LogP contribution in [0.2, 0.25) is 0 Å². The maximum Gasteiger partial charge on any atom is 0.244 e. The van der Waals surface area contributed by atoms with Crippen LogP contribution in [0.5, 0.6) is 5.75 Å². The number of methoxy groups -OCH3 is 1. The lowest BCUT2D eigenvalue weighted by Gasteiger charge is -2.22. The lowest BCUT2D eigenvalue weighted by molar-refractivity contribution is -0.134. The Kier molecular flexibility index (Phi) is 6.36. The van der Waals surface area contributed by atoms with Gasteiger partial charge in [-0.1, -0.05) is 30.3 Å². The molecular weight excluding hydrogens is 392 g/mol. The van der Waals surface area contributed by atoms with E-state index in [4.69, 9.17) is 9.15 Å². The van der Waals surface area contributed by atoms with Crippen LogP contribution in [0, 0.1) is 0 Å².